The van der Waals surface area contributed by atoms with Gasteiger partial charge >= 0.3 is 5.63 Å². The highest BCUT2D eigenvalue weighted by atomic mass is 16.5. The van der Waals surface area contributed by atoms with Crippen molar-refractivity contribution < 1.29 is 28.5 Å². The summed E-state index contributed by atoms with van der Waals surface area (Å²) >= 11 is 0. The molecule has 3 atom stereocenters. The lowest BCUT2D eigenvalue weighted by molar-refractivity contribution is -0.118. The molecule has 0 amide bonds. The van der Waals surface area contributed by atoms with Crippen LogP contribution >= 0.6 is 0 Å². The third-order valence-electron chi connectivity index (χ3n) is 6.43. The number of aliphatic hydroxyl groups excluding tert-OH is 2. The van der Waals surface area contributed by atoms with E-state index in [-0.39, 0.29) is 6.61 Å². The minimum absolute atomic E-state index is 0.111. The molecule has 2 aromatic heterocycles. The Labute approximate surface area is 235 Å². The van der Waals surface area contributed by atoms with Crippen molar-refractivity contribution in [1.82, 2.24) is 0 Å². The molecule has 3 rings (SSSR count). The van der Waals surface area contributed by atoms with E-state index in [2.05, 4.69) is 37.2 Å². The third kappa shape index (κ3) is 8.89. The number of allylic oxidation sites excluding steroid dienone is 1. The first-order valence-electron chi connectivity index (χ1n) is 13.7. The van der Waals surface area contributed by atoms with Crippen molar-refractivity contribution >= 4 is 21.9 Å². The SMILES string of the molecule is C=CC(C#CC#CC(O)C=CCCCCCCC)OC(C)(C)C(O)COc1c2ccoc2cc2oc(=O)ccc12. The quantitative estimate of drug-likeness (QED) is 0.112. The van der Waals surface area contributed by atoms with Crippen molar-refractivity contribution in [3.05, 3.63) is 65.8 Å². The fraction of sp³-hybridized carbons (Fsp3) is 0.424. The number of ether oxygens (including phenoxy) is 2. The van der Waals surface area contributed by atoms with E-state index in [4.69, 9.17) is 18.3 Å². The van der Waals surface area contributed by atoms with E-state index in [9.17, 15) is 15.0 Å². The summed E-state index contributed by atoms with van der Waals surface area (Å²) in [5.41, 5.74) is -0.735. The largest absolute Gasteiger partial charge is 0.489 e. The summed E-state index contributed by atoms with van der Waals surface area (Å²) in [6, 6.07) is 6.30. The lowest BCUT2D eigenvalue weighted by atomic mass is 10.0. The number of hydrogen-bond donors (Lipinski definition) is 2. The normalized spacial score (nSPS) is 13.8. The summed E-state index contributed by atoms with van der Waals surface area (Å²) in [5.74, 6) is 11.3. The molecule has 3 aromatic rings. The van der Waals surface area contributed by atoms with E-state index in [1.54, 1.807) is 38.1 Å². The fourth-order valence-corrected chi connectivity index (χ4v) is 4.03. The number of benzene rings is 1. The zero-order valence-corrected chi connectivity index (χ0v) is 23.4. The standard InChI is InChI=1S/C33H38O7/c1-5-7-8-9-10-11-12-15-24(34)16-13-14-17-25(6-2)40-33(3,4)30(35)23-38-32-26-18-19-31(36)39-29(26)22-28-27(32)20-21-37-28/h6,12,15,18-22,24-25,30,34-35H,2,5,7-11,23H2,1,3-4H3. The molecule has 0 spiro atoms. The van der Waals surface area contributed by atoms with Crippen molar-refractivity contribution in [1.29, 1.82) is 0 Å². The van der Waals surface area contributed by atoms with E-state index in [0.29, 0.717) is 27.7 Å². The van der Waals surface area contributed by atoms with Gasteiger partial charge in [-0.15, -0.1) is 0 Å². The van der Waals surface area contributed by atoms with Gasteiger partial charge in [-0.1, -0.05) is 63.2 Å². The second-order valence-corrected chi connectivity index (χ2v) is 10.0. The van der Waals surface area contributed by atoms with Gasteiger partial charge in [0.2, 0.25) is 0 Å². The van der Waals surface area contributed by atoms with Gasteiger partial charge in [0.05, 0.1) is 22.6 Å². The lowest BCUT2D eigenvalue weighted by Gasteiger charge is -2.32. The van der Waals surface area contributed by atoms with Gasteiger partial charge in [0.15, 0.2) is 0 Å². The molecule has 2 N–H and O–H groups in total. The summed E-state index contributed by atoms with van der Waals surface area (Å²) in [7, 11) is 0. The monoisotopic (exact) mass is 546 g/mol. The van der Waals surface area contributed by atoms with E-state index < -0.39 is 29.5 Å². The summed E-state index contributed by atoms with van der Waals surface area (Å²) in [6.07, 6.45) is 11.0. The van der Waals surface area contributed by atoms with Crippen molar-refractivity contribution in [3.63, 3.8) is 0 Å². The van der Waals surface area contributed by atoms with Gasteiger partial charge < -0.3 is 28.5 Å². The molecule has 0 aliphatic heterocycles. The average molecular weight is 547 g/mol. The van der Waals surface area contributed by atoms with Crippen LogP contribution in [0.1, 0.15) is 59.3 Å². The maximum Gasteiger partial charge on any atom is 0.336 e. The van der Waals surface area contributed by atoms with Crippen LogP contribution in [-0.4, -0.2) is 40.7 Å². The number of rotatable bonds is 14. The maximum atomic E-state index is 11.7. The topological polar surface area (TPSA) is 102 Å². The van der Waals surface area contributed by atoms with E-state index in [1.807, 2.05) is 6.08 Å². The van der Waals surface area contributed by atoms with Crippen LogP contribution in [0.4, 0.5) is 0 Å². The van der Waals surface area contributed by atoms with Gasteiger partial charge in [-0.05, 0) is 56.7 Å². The Morgan fingerprint density at radius 2 is 1.80 bits per heavy atom. The van der Waals surface area contributed by atoms with Crippen LogP contribution in [0.15, 0.2) is 69.0 Å². The Morgan fingerprint density at radius 1 is 1.05 bits per heavy atom. The first-order chi connectivity index (χ1) is 19.2. The predicted octanol–water partition coefficient (Wildman–Crippen LogP) is 5.91. The second kappa shape index (κ2) is 15.1. The van der Waals surface area contributed by atoms with E-state index >= 15 is 0 Å². The first kappa shape index (κ1) is 30.8. The first-order valence-corrected chi connectivity index (χ1v) is 13.7. The average Bonchev–Trinajstić information content (AvgIpc) is 3.40. The van der Waals surface area contributed by atoms with E-state index in [1.165, 1.54) is 44.1 Å². The van der Waals surface area contributed by atoms with Gasteiger partial charge in [-0.2, -0.15) is 0 Å². The summed E-state index contributed by atoms with van der Waals surface area (Å²) in [6.45, 7) is 9.28. The molecule has 7 heteroatoms. The van der Waals surface area contributed by atoms with Crippen LogP contribution in [0.25, 0.3) is 21.9 Å². The van der Waals surface area contributed by atoms with Crippen molar-refractivity contribution in [2.24, 2.45) is 0 Å². The van der Waals surface area contributed by atoms with Crippen molar-refractivity contribution in [2.75, 3.05) is 6.61 Å². The van der Waals surface area contributed by atoms with E-state index in [0.717, 1.165) is 12.8 Å². The number of furan rings is 1. The van der Waals surface area contributed by atoms with Gasteiger partial charge in [0.1, 0.15) is 41.8 Å². The molecule has 0 aliphatic rings. The van der Waals surface area contributed by atoms with Crippen LogP contribution in [0.2, 0.25) is 0 Å². The maximum absolute atomic E-state index is 11.7. The molecule has 0 bridgehead atoms. The van der Waals surface area contributed by atoms with Crippen molar-refractivity contribution in [3.8, 4) is 29.4 Å². The minimum Gasteiger partial charge on any atom is -0.489 e. The Morgan fingerprint density at radius 3 is 2.58 bits per heavy atom. The molecule has 2 heterocycles. The fourth-order valence-electron chi connectivity index (χ4n) is 4.03. The molecule has 0 aliphatic carbocycles. The zero-order valence-electron chi connectivity index (χ0n) is 23.4. The molecule has 0 saturated heterocycles. The van der Waals surface area contributed by atoms with Gasteiger partial charge in [0.25, 0.3) is 0 Å². The Hall–Kier alpha value is -3.75. The Balaban J connectivity index is 1.57. The highest BCUT2D eigenvalue weighted by Gasteiger charge is 2.32. The molecule has 3 unspecified atom stereocenters. The Bertz CT molecular complexity index is 1470. The van der Waals surface area contributed by atoms with Crippen LogP contribution in [0.3, 0.4) is 0 Å². The smallest absolute Gasteiger partial charge is 0.336 e. The Kier molecular flexibility index (Phi) is 11.7. The van der Waals surface area contributed by atoms with Crippen LogP contribution in [0.5, 0.6) is 5.75 Å². The molecule has 212 valence electrons. The number of unbranched alkanes of at least 4 members (excludes halogenated alkanes) is 5. The number of fused-ring (bicyclic) bond motifs is 2. The van der Waals surface area contributed by atoms with Crippen molar-refractivity contribution in [2.45, 2.75) is 83.2 Å². The van der Waals surface area contributed by atoms with Gasteiger partial charge in [-0.25, -0.2) is 4.79 Å². The third-order valence-corrected chi connectivity index (χ3v) is 6.43. The highest BCUT2D eigenvalue weighted by molar-refractivity contribution is 6.01. The van der Waals surface area contributed by atoms with Crippen LogP contribution < -0.4 is 10.4 Å². The summed E-state index contributed by atoms with van der Waals surface area (Å²) in [4.78, 5) is 11.7. The highest BCUT2D eigenvalue weighted by Crippen LogP contribution is 2.35. The molecule has 0 saturated carbocycles. The minimum atomic E-state index is -1.06. The zero-order chi connectivity index (χ0) is 29.0. The summed E-state index contributed by atoms with van der Waals surface area (Å²) < 4.78 is 22.8. The molecule has 1 aromatic carbocycles. The lowest BCUT2D eigenvalue weighted by Crippen LogP contribution is -2.44. The molecule has 7 nitrogen and oxygen atoms in total. The molecule has 40 heavy (non-hydrogen) atoms. The molecular formula is C33H38O7. The van der Waals surface area contributed by atoms with Crippen LogP contribution in [-0.2, 0) is 4.74 Å². The molecule has 0 fully saturated rings. The second-order valence-electron chi connectivity index (χ2n) is 10.0. The molecular weight excluding hydrogens is 508 g/mol. The predicted molar refractivity (Wildman–Crippen MR) is 157 cm³/mol. The van der Waals surface area contributed by atoms with Gasteiger partial charge in [0, 0.05) is 12.1 Å². The number of aliphatic hydroxyl groups is 2. The number of hydrogen-bond acceptors (Lipinski definition) is 7. The van der Waals surface area contributed by atoms with Crippen LogP contribution in [0, 0.1) is 23.7 Å². The van der Waals surface area contributed by atoms with Gasteiger partial charge in [-0.3, -0.25) is 0 Å². The summed E-state index contributed by atoms with van der Waals surface area (Å²) in [5, 5.41) is 22.2. The molecule has 0 radical (unpaired) electrons.